The number of fused-ring (bicyclic) bond motifs is 4. The molecule has 18 nitrogen and oxygen atoms in total. The monoisotopic (exact) mass is 990 g/mol. The van der Waals surface area contributed by atoms with Gasteiger partial charge in [0, 0.05) is 59.4 Å². The molecule has 2 aliphatic rings. The minimum Gasteiger partial charge on any atom is -0.344 e. The summed E-state index contributed by atoms with van der Waals surface area (Å²) in [5.74, 6) is -0.855. The molecule has 0 aliphatic carbocycles. The van der Waals surface area contributed by atoms with Crippen LogP contribution >= 0.6 is 8.09 Å². The zero-order chi connectivity index (χ0) is 47.5. The number of hydrogen-bond acceptors (Lipinski definition) is 13. The fourth-order valence-electron chi connectivity index (χ4n) is 8.53. The lowest BCUT2D eigenvalue weighted by atomic mass is 9.79. The fraction of sp³-hybridized carbons (Fsp3) is 0.488. The average molecular weight is 991 g/mol. The van der Waals surface area contributed by atoms with Gasteiger partial charge in [-0.15, -0.1) is 5.50 Å². The van der Waals surface area contributed by atoms with Crippen molar-refractivity contribution in [3.05, 3.63) is 83.6 Å². The molecule has 3 aromatic rings. The fourth-order valence-corrected chi connectivity index (χ4v) is 11.9. The van der Waals surface area contributed by atoms with E-state index in [9.17, 15) is 47.3 Å². The van der Waals surface area contributed by atoms with Gasteiger partial charge in [-0.2, -0.15) is 44.1 Å². The lowest BCUT2D eigenvalue weighted by Gasteiger charge is -2.27. The second-order valence-corrected chi connectivity index (χ2v) is 24.8. The number of sulfonamides is 1. The first-order valence-corrected chi connectivity index (χ1v) is 28.5. The molecule has 2 aliphatic heterocycles. The van der Waals surface area contributed by atoms with Gasteiger partial charge in [0.25, 0.3) is 30.4 Å². The first-order valence-electron chi connectivity index (χ1n) is 20.7. The molecule has 0 saturated carbocycles. The molecule has 0 atom stereocenters. The van der Waals surface area contributed by atoms with Gasteiger partial charge in [0.2, 0.25) is 15.7 Å². The van der Waals surface area contributed by atoms with Crippen LogP contribution in [0, 0.1) is 0 Å². The number of rotatable bonds is 23. The third-order valence-electron chi connectivity index (χ3n) is 11.5. The smallest absolute Gasteiger partial charge is 0.344 e. The Morgan fingerprint density at radius 2 is 1.44 bits per heavy atom. The molecule has 0 amide bonds. The van der Waals surface area contributed by atoms with Crippen molar-refractivity contribution in [1.82, 2.24) is 4.72 Å². The summed E-state index contributed by atoms with van der Waals surface area (Å²) in [7, 11) is -20.7. The van der Waals surface area contributed by atoms with Crippen LogP contribution < -0.4 is 15.1 Å². The van der Waals surface area contributed by atoms with E-state index in [1.807, 2.05) is 63.0 Å². The summed E-state index contributed by atoms with van der Waals surface area (Å²) >= 11 is 0. The average Bonchev–Trinajstić information content (AvgIpc) is 3.52. The van der Waals surface area contributed by atoms with Crippen molar-refractivity contribution in [3.63, 3.8) is 0 Å². The molecule has 8 N–H and O–H groups in total. The molecule has 0 bridgehead atoms. The molecule has 5 rings (SSSR count). The van der Waals surface area contributed by atoms with Crippen molar-refractivity contribution in [2.75, 3.05) is 42.6 Å². The van der Waals surface area contributed by atoms with E-state index in [0.29, 0.717) is 73.6 Å². The zero-order valence-electron chi connectivity index (χ0n) is 36.2. The van der Waals surface area contributed by atoms with Crippen LogP contribution in [0.25, 0.3) is 10.8 Å². The normalized spacial score (nSPS) is 17.3. The van der Waals surface area contributed by atoms with Crippen LogP contribution in [0.5, 0.6) is 0 Å². The molecule has 354 valence electrons. The van der Waals surface area contributed by atoms with Crippen LogP contribution in [-0.2, 0) is 55.7 Å². The topological polar surface area (TPSA) is 291 Å². The number of nitrogens with two attached hydrogens (primary N) is 1. The standard InChI is InChI=1S/C41H57N4O14PS4/c1-40(2)33-29-30(64(56,57)58)19-21-34(33)44(24-8-11-27-61(48,49)50)37(40)17-14-18-38-41(3,4)39-32-15-13-16-36(63(54,55)43-23-7-5-6-10-26-59-60(42,46)47)31(32)20-22-35(39)45(38)25-9-12-28-62(51,52)53/h13-22,29,43,46-47H,5-12,23-28,42H2,1-4H3,(H-2,48,49,50,51,52,53,56,57,58)/p+2. The highest BCUT2D eigenvalue weighted by Crippen LogP contribution is 2.49. The van der Waals surface area contributed by atoms with E-state index in [1.165, 1.54) is 12.1 Å². The van der Waals surface area contributed by atoms with E-state index in [4.69, 9.17) is 19.8 Å². The van der Waals surface area contributed by atoms with Crippen LogP contribution in [-0.4, -0.2) is 105 Å². The number of allylic oxidation sites excluding steroid dienone is 4. The maximum absolute atomic E-state index is 13.8. The van der Waals surface area contributed by atoms with Gasteiger partial charge in [-0.05, 0) is 93.3 Å². The van der Waals surface area contributed by atoms with Gasteiger partial charge in [0.15, 0.2) is 5.71 Å². The molecule has 0 radical (unpaired) electrons. The minimum atomic E-state index is -4.53. The lowest BCUT2D eigenvalue weighted by Crippen LogP contribution is -2.29. The van der Waals surface area contributed by atoms with E-state index in [2.05, 4.69) is 9.30 Å². The van der Waals surface area contributed by atoms with Gasteiger partial charge in [-0.25, -0.2) is 13.1 Å². The van der Waals surface area contributed by atoms with Crippen molar-refractivity contribution in [2.45, 2.75) is 99.7 Å². The summed E-state index contributed by atoms with van der Waals surface area (Å²) in [5, 5.41) is 1.19. The molecule has 0 aromatic heterocycles. The summed E-state index contributed by atoms with van der Waals surface area (Å²) in [6.45, 7) is 8.72. The van der Waals surface area contributed by atoms with E-state index < -0.39 is 70.8 Å². The largest absolute Gasteiger partial charge is 0.493 e. The highest BCUT2D eigenvalue weighted by molar-refractivity contribution is 7.89. The highest BCUT2D eigenvalue weighted by Gasteiger charge is 2.46. The van der Waals surface area contributed by atoms with E-state index >= 15 is 0 Å². The predicted molar refractivity (Wildman–Crippen MR) is 247 cm³/mol. The minimum absolute atomic E-state index is 0.0760. The van der Waals surface area contributed by atoms with Gasteiger partial charge < -0.3 is 4.90 Å². The maximum Gasteiger partial charge on any atom is 0.493 e. The quantitative estimate of drug-likeness (QED) is 0.0267. The van der Waals surface area contributed by atoms with E-state index in [0.717, 1.165) is 22.7 Å². The van der Waals surface area contributed by atoms with E-state index in [-0.39, 0.29) is 35.8 Å². The number of nitrogens with zero attached hydrogens (tertiary/aromatic N) is 2. The van der Waals surface area contributed by atoms with Gasteiger partial charge in [0.05, 0.1) is 33.3 Å². The second kappa shape index (κ2) is 19.9. The summed E-state index contributed by atoms with van der Waals surface area (Å²) in [6.07, 6.45) is 9.07. The van der Waals surface area contributed by atoms with Gasteiger partial charge >= 0.3 is 8.09 Å². The van der Waals surface area contributed by atoms with Crippen LogP contribution in [0.2, 0.25) is 0 Å². The molecular weight excluding hydrogens is 932 g/mol. The first-order chi connectivity index (χ1) is 29.5. The van der Waals surface area contributed by atoms with Crippen molar-refractivity contribution < 1.29 is 66.2 Å². The number of hydrogen-bond donors (Lipinski definition) is 7. The summed E-state index contributed by atoms with van der Waals surface area (Å²) in [6, 6.07) is 13.0. The molecule has 0 spiro atoms. The Bertz CT molecular complexity index is 2780. The van der Waals surface area contributed by atoms with Gasteiger partial charge in [-0.3, -0.25) is 13.7 Å². The number of anilines is 1. The van der Waals surface area contributed by atoms with Crippen LogP contribution in [0.3, 0.4) is 0 Å². The van der Waals surface area contributed by atoms with Crippen molar-refractivity contribution in [1.29, 1.82) is 0 Å². The van der Waals surface area contributed by atoms with Crippen molar-refractivity contribution in [3.8, 4) is 0 Å². The van der Waals surface area contributed by atoms with E-state index in [1.54, 1.807) is 24.3 Å². The zero-order valence-corrected chi connectivity index (χ0v) is 40.4. The summed E-state index contributed by atoms with van der Waals surface area (Å²) < 4.78 is 136. The molecular formula is C41H59N4O14PS4+2. The van der Waals surface area contributed by atoms with Crippen molar-refractivity contribution in [2.24, 2.45) is 5.50 Å². The third kappa shape index (κ3) is 12.8. The Hall–Kier alpha value is -3.22. The third-order valence-corrected chi connectivity index (χ3v) is 16.1. The molecule has 0 unspecified atom stereocenters. The molecule has 64 heavy (non-hydrogen) atoms. The lowest BCUT2D eigenvalue weighted by molar-refractivity contribution is -0.438. The predicted octanol–water partition coefficient (Wildman–Crippen LogP) is 5.51. The number of benzene rings is 3. The van der Waals surface area contributed by atoms with Gasteiger partial charge in [-0.1, -0.05) is 44.9 Å². The van der Waals surface area contributed by atoms with Crippen LogP contribution in [0.15, 0.2) is 82.2 Å². The maximum atomic E-state index is 13.8. The number of nitrogens with one attached hydrogen (secondary N) is 1. The Labute approximate surface area is 376 Å². The first kappa shape index (κ1) is 51.8. The molecule has 0 fully saturated rings. The second-order valence-electron chi connectivity index (χ2n) is 17.0. The molecule has 3 aromatic carbocycles. The van der Waals surface area contributed by atoms with Crippen LogP contribution in [0.1, 0.15) is 90.2 Å². The summed E-state index contributed by atoms with van der Waals surface area (Å²) in [5.41, 5.74) is 7.97. The highest BCUT2D eigenvalue weighted by atomic mass is 32.2. The molecule has 2 heterocycles. The van der Waals surface area contributed by atoms with Crippen molar-refractivity contribution >= 4 is 76.3 Å². The SMILES string of the molecule is CC1(C)C(/C=C/C=C2/N(CCCCS(=O)(=O)O)c3ccc(S(=O)(=O)O)cc3C2(C)C)=[N+](CCCCS(=O)(=O)O)c2ccc3c(S(=O)(=O)NCCCCCCO[P+](N)(O)O)cccc3c21. The number of unbranched alkanes of at least 4 members (excludes halogenated alkanes) is 5. The Morgan fingerprint density at radius 1 is 0.781 bits per heavy atom. The Morgan fingerprint density at radius 3 is 2.08 bits per heavy atom. The Kier molecular flexibility index (Phi) is 16.1. The van der Waals surface area contributed by atoms with Crippen LogP contribution in [0.4, 0.5) is 11.4 Å². The van der Waals surface area contributed by atoms with Gasteiger partial charge in [0.1, 0.15) is 6.54 Å². The summed E-state index contributed by atoms with van der Waals surface area (Å²) in [4.78, 5) is 20.1. The molecule has 0 saturated heterocycles. The Balaban J connectivity index is 1.50. The molecule has 23 heteroatoms.